The van der Waals surface area contributed by atoms with Gasteiger partial charge in [0.25, 0.3) is 0 Å². The van der Waals surface area contributed by atoms with E-state index in [1.54, 1.807) is 7.05 Å². The van der Waals surface area contributed by atoms with Crippen LogP contribution in [0.2, 0.25) is 5.02 Å². The van der Waals surface area contributed by atoms with Crippen LogP contribution in [0, 0.1) is 0 Å². The maximum Gasteiger partial charge on any atom is 0.239 e. The van der Waals surface area contributed by atoms with Crippen LogP contribution in [0.15, 0.2) is 59.6 Å². The van der Waals surface area contributed by atoms with Crippen LogP contribution in [-0.4, -0.2) is 44.0 Å². The fourth-order valence-corrected chi connectivity index (χ4v) is 2.66. The fraction of sp³-hybridized carbons (Fsp3) is 0.300. The molecule has 0 fully saturated rings. The standard InChI is InChI=1S/C20H25ClN4O/c1-22-20(25(2)15-17-8-10-18(21)11-9-17)24-14-19(26)23-13-12-16-6-4-3-5-7-16/h3-11H,12-15H2,1-2H3,(H,22,24)(H,23,26). The van der Waals surface area contributed by atoms with Gasteiger partial charge in [0.1, 0.15) is 0 Å². The lowest BCUT2D eigenvalue weighted by Gasteiger charge is -2.22. The minimum atomic E-state index is -0.0537. The Morgan fingerprint density at radius 3 is 2.38 bits per heavy atom. The van der Waals surface area contributed by atoms with Gasteiger partial charge in [0.05, 0.1) is 6.54 Å². The number of benzene rings is 2. The van der Waals surface area contributed by atoms with Gasteiger partial charge < -0.3 is 15.5 Å². The molecule has 1 amide bonds. The normalized spacial score (nSPS) is 11.1. The molecule has 0 radical (unpaired) electrons. The minimum absolute atomic E-state index is 0.0537. The van der Waals surface area contributed by atoms with E-state index in [2.05, 4.69) is 27.8 Å². The maximum atomic E-state index is 12.0. The van der Waals surface area contributed by atoms with Crippen molar-refractivity contribution in [3.63, 3.8) is 0 Å². The van der Waals surface area contributed by atoms with Gasteiger partial charge in [-0.2, -0.15) is 0 Å². The third-order valence-electron chi connectivity index (χ3n) is 3.89. The van der Waals surface area contributed by atoms with Gasteiger partial charge in [-0.05, 0) is 29.7 Å². The Labute approximate surface area is 160 Å². The summed E-state index contributed by atoms with van der Waals surface area (Å²) >= 11 is 5.91. The topological polar surface area (TPSA) is 56.7 Å². The summed E-state index contributed by atoms with van der Waals surface area (Å²) in [6.45, 7) is 1.47. The zero-order valence-electron chi connectivity index (χ0n) is 15.2. The smallest absolute Gasteiger partial charge is 0.239 e. The average molecular weight is 373 g/mol. The van der Waals surface area contributed by atoms with E-state index in [0.717, 1.165) is 12.0 Å². The van der Waals surface area contributed by atoms with Crippen LogP contribution in [0.5, 0.6) is 0 Å². The number of hydrogen-bond donors (Lipinski definition) is 2. The first kappa shape index (κ1) is 19.8. The van der Waals surface area contributed by atoms with Crippen LogP contribution >= 0.6 is 11.6 Å². The summed E-state index contributed by atoms with van der Waals surface area (Å²) in [6.07, 6.45) is 0.817. The molecule has 2 aromatic carbocycles. The number of amides is 1. The van der Waals surface area contributed by atoms with E-state index in [1.807, 2.05) is 54.4 Å². The maximum absolute atomic E-state index is 12.0. The SMILES string of the molecule is CN=C(NCC(=O)NCCc1ccccc1)N(C)Cc1ccc(Cl)cc1. The van der Waals surface area contributed by atoms with Gasteiger partial charge in [-0.1, -0.05) is 54.1 Å². The Balaban J connectivity index is 1.73. The lowest BCUT2D eigenvalue weighted by Crippen LogP contribution is -2.44. The summed E-state index contributed by atoms with van der Waals surface area (Å²) < 4.78 is 0. The number of rotatable bonds is 7. The van der Waals surface area contributed by atoms with E-state index < -0.39 is 0 Å². The molecule has 0 aliphatic heterocycles. The van der Waals surface area contributed by atoms with E-state index >= 15 is 0 Å². The van der Waals surface area contributed by atoms with Crippen LogP contribution in [-0.2, 0) is 17.8 Å². The van der Waals surface area contributed by atoms with Gasteiger partial charge in [-0.15, -0.1) is 0 Å². The Morgan fingerprint density at radius 1 is 1.04 bits per heavy atom. The molecule has 2 aromatic rings. The third-order valence-corrected chi connectivity index (χ3v) is 4.14. The predicted octanol–water partition coefficient (Wildman–Crippen LogP) is 2.71. The summed E-state index contributed by atoms with van der Waals surface area (Å²) in [5.41, 5.74) is 2.33. The number of nitrogens with zero attached hydrogens (tertiary/aromatic N) is 2. The number of guanidine groups is 1. The van der Waals surface area contributed by atoms with Crippen molar-refractivity contribution >= 4 is 23.5 Å². The number of carbonyl (C=O) groups is 1. The molecule has 0 unspecified atom stereocenters. The molecule has 5 nitrogen and oxygen atoms in total. The molecule has 138 valence electrons. The molecular weight excluding hydrogens is 348 g/mol. The Hall–Kier alpha value is -2.53. The molecule has 0 aromatic heterocycles. The summed E-state index contributed by atoms with van der Waals surface area (Å²) in [7, 11) is 3.63. The first-order valence-electron chi connectivity index (χ1n) is 8.55. The van der Waals surface area contributed by atoms with Crippen molar-refractivity contribution in [2.75, 3.05) is 27.2 Å². The van der Waals surface area contributed by atoms with E-state index in [4.69, 9.17) is 11.6 Å². The highest BCUT2D eigenvalue weighted by Gasteiger charge is 2.08. The van der Waals surface area contributed by atoms with Gasteiger partial charge in [0.15, 0.2) is 5.96 Å². The van der Waals surface area contributed by atoms with Gasteiger partial charge in [0.2, 0.25) is 5.91 Å². The van der Waals surface area contributed by atoms with E-state index in [9.17, 15) is 4.79 Å². The molecule has 2 N–H and O–H groups in total. The zero-order chi connectivity index (χ0) is 18.8. The number of nitrogens with one attached hydrogen (secondary N) is 2. The average Bonchev–Trinajstić information content (AvgIpc) is 2.65. The molecule has 0 aliphatic rings. The highest BCUT2D eigenvalue weighted by atomic mass is 35.5. The number of hydrogen-bond acceptors (Lipinski definition) is 2. The van der Waals surface area contributed by atoms with Crippen molar-refractivity contribution in [3.8, 4) is 0 Å². The molecule has 0 saturated heterocycles. The predicted molar refractivity (Wildman–Crippen MR) is 107 cm³/mol. The first-order chi connectivity index (χ1) is 12.6. The highest BCUT2D eigenvalue weighted by Crippen LogP contribution is 2.10. The van der Waals surface area contributed by atoms with Gasteiger partial charge in [-0.3, -0.25) is 9.79 Å². The van der Waals surface area contributed by atoms with Crippen molar-refractivity contribution in [2.45, 2.75) is 13.0 Å². The molecule has 6 heteroatoms. The zero-order valence-corrected chi connectivity index (χ0v) is 16.0. The number of aliphatic imine (C=N–C) groups is 1. The molecule has 0 heterocycles. The van der Waals surface area contributed by atoms with Crippen LogP contribution in [0.1, 0.15) is 11.1 Å². The lowest BCUT2D eigenvalue weighted by molar-refractivity contribution is -0.120. The Bertz CT molecular complexity index is 716. The highest BCUT2D eigenvalue weighted by molar-refractivity contribution is 6.30. The second-order valence-corrected chi connectivity index (χ2v) is 6.41. The Kier molecular flexibility index (Phi) is 7.96. The van der Waals surface area contributed by atoms with Crippen LogP contribution in [0.25, 0.3) is 0 Å². The largest absolute Gasteiger partial charge is 0.354 e. The fourth-order valence-electron chi connectivity index (χ4n) is 2.54. The summed E-state index contributed by atoms with van der Waals surface area (Å²) in [5, 5.41) is 6.72. The van der Waals surface area contributed by atoms with Gasteiger partial charge in [0, 0.05) is 32.2 Å². The van der Waals surface area contributed by atoms with E-state index in [1.165, 1.54) is 5.56 Å². The van der Waals surface area contributed by atoms with Crippen molar-refractivity contribution in [1.29, 1.82) is 0 Å². The van der Waals surface area contributed by atoms with Crippen LogP contribution < -0.4 is 10.6 Å². The first-order valence-corrected chi connectivity index (χ1v) is 8.93. The monoisotopic (exact) mass is 372 g/mol. The molecule has 0 bridgehead atoms. The van der Waals surface area contributed by atoms with Crippen LogP contribution in [0.3, 0.4) is 0 Å². The van der Waals surface area contributed by atoms with Crippen molar-refractivity contribution < 1.29 is 4.79 Å². The molecule has 0 aliphatic carbocycles. The van der Waals surface area contributed by atoms with E-state index in [-0.39, 0.29) is 12.5 Å². The molecule has 0 atom stereocenters. The summed E-state index contributed by atoms with van der Waals surface area (Å²) in [6, 6.07) is 17.8. The molecule has 0 spiro atoms. The second kappa shape index (κ2) is 10.5. The lowest BCUT2D eigenvalue weighted by atomic mass is 10.1. The van der Waals surface area contributed by atoms with E-state index in [0.29, 0.717) is 24.1 Å². The van der Waals surface area contributed by atoms with Gasteiger partial charge >= 0.3 is 0 Å². The summed E-state index contributed by atoms with van der Waals surface area (Å²) in [4.78, 5) is 18.2. The molecule has 26 heavy (non-hydrogen) atoms. The summed E-state index contributed by atoms with van der Waals surface area (Å²) in [5.74, 6) is 0.611. The Morgan fingerprint density at radius 2 is 1.73 bits per heavy atom. The quantitative estimate of drug-likeness (QED) is 0.580. The molecular formula is C20H25ClN4O. The molecule has 2 rings (SSSR count). The van der Waals surface area contributed by atoms with Crippen molar-refractivity contribution in [2.24, 2.45) is 4.99 Å². The van der Waals surface area contributed by atoms with Crippen LogP contribution in [0.4, 0.5) is 0 Å². The van der Waals surface area contributed by atoms with Crippen molar-refractivity contribution in [1.82, 2.24) is 15.5 Å². The third kappa shape index (κ3) is 6.76. The van der Waals surface area contributed by atoms with Gasteiger partial charge in [-0.25, -0.2) is 0 Å². The number of halogens is 1. The minimum Gasteiger partial charge on any atom is -0.354 e. The second-order valence-electron chi connectivity index (χ2n) is 5.97. The number of carbonyl (C=O) groups excluding carboxylic acids is 1. The van der Waals surface area contributed by atoms with Crippen molar-refractivity contribution in [3.05, 3.63) is 70.7 Å². The molecule has 0 saturated carbocycles.